The first-order chi connectivity index (χ1) is 17.7. The predicted molar refractivity (Wildman–Crippen MR) is 137 cm³/mol. The summed E-state index contributed by atoms with van der Waals surface area (Å²) in [6.07, 6.45) is 3.22. The highest BCUT2D eigenvalue weighted by atomic mass is 35.5. The van der Waals surface area contributed by atoms with Crippen molar-refractivity contribution in [2.24, 2.45) is 0 Å². The van der Waals surface area contributed by atoms with E-state index in [0.29, 0.717) is 27.8 Å². The van der Waals surface area contributed by atoms with Gasteiger partial charge in [0.25, 0.3) is 0 Å². The van der Waals surface area contributed by atoms with Crippen molar-refractivity contribution in [2.75, 3.05) is 0 Å². The van der Waals surface area contributed by atoms with Crippen molar-refractivity contribution in [1.82, 2.24) is 19.9 Å². The van der Waals surface area contributed by atoms with Crippen molar-refractivity contribution in [3.63, 3.8) is 0 Å². The maximum absolute atomic E-state index is 13.9. The molecule has 188 valence electrons. The van der Waals surface area contributed by atoms with E-state index in [1.54, 1.807) is 35.2 Å². The number of rotatable bonds is 7. The highest BCUT2D eigenvalue weighted by Crippen LogP contribution is 2.27. The van der Waals surface area contributed by atoms with Crippen LogP contribution < -0.4 is 5.32 Å². The average molecular weight is 521 g/mol. The molecule has 0 fully saturated rings. The zero-order valence-corrected chi connectivity index (χ0v) is 20.9. The van der Waals surface area contributed by atoms with Crippen LogP contribution in [0.2, 0.25) is 5.02 Å². The number of fused-ring (bicyclic) bond motifs is 1. The normalized spacial score (nSPS) is 12.1. The molecule has 37 heavy (non-hydrogen) atoms. The fraction of sp³-hybridized carbons (Fsp3) is 0.179. The highest BCUT2D eigenvalue weighted by molar-refractivity contribution is 6.30. The Morgan fingerprint density at radius 1 is 1.03 bits per heavy atom. The van der Waals surface area contributed by atoms with Crippen LogP contribution in [0.1, 0.15) is 28.5 Å². The molecule has 2 aromatic heterocycles. The summed E-state index contributed by atoms with van der Waals surface area (Å²) in [5, 5.41) is 3.51. The third-order valence-electron chi connectivity index (χ3n) is 6.21. The van der Waals surface area contributed by atoms with Crippen molar-refractivity contribution in [1.29, 1.82) is 0 Å². The van der Waals surface area contributed by atoms with Gasteiger partial charge in [-0.15, -0.1) is 0 Å². The van der Waals surface area contributed by atoms with Gasteiger partial charge in [-0.25, -0.2) is 18.7 Å². The van der Waals surface area contributed by atoms with E-state index in [4.69, 9.17) is 16.0 Å². The number of amides is 1. The Morgan fingerprint density at radius 3 is 2.46 bits per heavy atom. The van der Waals surface area contributed by atoms with Crippen LogP contribution in [0.5, 0.6) is 0 Å². The van der Waals surface area contributed by atoms with Gasteiger partial charge in [-0.05, 0) is 79.1 Å². The van der Waals surface area contributed by atoms with E-state index in [1.807, 2.05) is 26.0 Å². The molecule has 5 aromatic rings. The second-order valence-electron chi connectivity index (χ2n) is 8.97. The predicted octanol–water partition coefficient (Wildman–Crippen LogP) is 6.34. The topological polar surface area (TPSA) is 73.0 Å². The molecule has 0 saturated carbocycles. The minimum atomic E-state index is -0.721. The minimum absolute atomic E-state index is 0.00515. The quantitative estimate of drug-likeness (QED) is 0.272. The first kappa shape index (κ1) is 24.6. The maximum Gasteiger partial charge on any atom is 0.240 e. The van der Waals surface area contributed by atoms with Gasteiger partial charge in [0, 0.05) is 23.1 Å². The number of carbonyl (C=O) groups excluding carboxylic acids is 1. The molecule has 1 unspecified atom stereocenters. The van der Waals surface area contributed by atoms with Crippen LogP contribution in [-0.2, 0) is 17.8 Å². The van der Waals surface area contributed by atoms with Crippen LogP contribution >= 0.6 is 11.6 Å². The molecule has 3 aromatic carbocycles. The van der Waals surface area contributed by atoms with Crippen LogP contribution in [0.3, 0.4) is 0 Å². The van der Waals surface area contributed by atoms with Gasteiger partial charge in [-0.3, -0.25) is 4.79 Å². The summed E-state index contributed by atoms with van der Waals surface area (Å²) >= 11 is 5.97. The van der Waals surface area contributed by atoms with Gasteiger partial charge >= 0.3 is 0 Å². The van der Waals surface area contributed by atoms with Crippen molar-refractivity contribution in [3.8, 4) is 11.5 Å². The standard InChI is InChI=1S/C28H23ClF2N4O2/c1-16-7-23-25(8-17(16)2)35(15-33-23)14-27(36)34-24(11-18-9-21(30)12-22(31)10-18)26-13-32-28(37-26)19-3-5-20(29)6-4-19/h3-10,12-13,15,24H,11,14H2,1-2H3,(H,34,36). The van der Waals surface area contributed by atoms with Crippen LogP contribution in [-0.4, -0.2) is 20.4 Å². The molecule has 0 bridgehead atoms. The summed E-state index contributed by atoms with van der Waals surface area (Å²) in [6, 6.07) is 13.5. The lowest BCUT2D eigenvalue weighted by atomic mass is 10.0. The van der Waals surface area contributed by atoms with E-state index >= 15 is 0 Å². The Hall–Kier alpha value is -4.04. The third-order valence-corrected chi connectivity index (χ3v) is 6.46. The Balaban J connectivity index is 1.42. The van der Waals surface area contributed by atoms with Crippen LogP contribution in [0, 0.1) is 25.5 Å². The highest BCUT2D eigenvalue weighted by Gasteiger charge is 2.22. The molecule has 0 saturated heterocycles. The summed E-state index contributed by atoms with van der Waals surface area (Å²) < 4.78 is 35.5. The van der Waals surface area contributed by atoms with E-state index in [9.17, 15) is 13.6 Å². The number of benzene rings is 3. The number of nitrogens with zero attached hydrogens (tertiary/aromatic N) is 3. The summed E-state index contributed by atoms with van der Waals surface area (Å²) in [5.41, 5.74) is 4.92. The van der Waals surface area contributed by atoms with E-state index in [2.05, 4.69) is 15.3 Å². The third kappa shape index (κ3) is 5.54. The molecule has 0 aliphatic carbocycles. The number of nitrogens with one attached hydrogen (secondary N) is 1. The lowest BCUT2D eigenvalue weighted by Crippen LogP contribution is -2.32. The molecule has 1 amide bonds. The SMILES string of the molecule is Cc1cc2ncn(CC(=O)NC(Cc3cc(F)cc(F)c3)c3cnc(-c4ccc(Cl)cc4)o3)c2cc1C. The first-order valence-electron chi connectivity index (χ1n) is 11.6. The number of carbonyl (C=O) groups is 1. The van der Waals surface area contributed by atoms with E-state index in [-0.39, 0.29) is 18.9 Å². The minimum Gasteiger partial charge on any atom is -0.439 e. The first-order valence-corrected chi connectivity index (χ1v) is 12.0. The fourth-order valence-electron chi connectivity index (χ4n) is 4.19. The number of aryl methyl sites for hydroxylation is 2. The van der Waals surface area contributed by atoms with Gasteiger partial charge in [0.15, 0.2) is 0 Å². The molecule has 0 radical (unpaired) electrons. The zero-order valence-electron chi connectivity index (χ0n) is 20.1. The van der Waals surface area contributed by atoms with Gasteiger partial charge in [0.05, 0.1) is 29.6 Å². The van der Waals surface area contributed by atoms with Gasteiger partial charge in [0.2, 0.25) is 11.8 Å². The number of oxazole rings is 1. The Bertz CT molecular complexity index is 1570. The summed E-state index contributed by atoms with van der Waals surface area (Å²) in [5.74, 6) is -1.03. The van der Waals surface area contributed by atoms with Crippen LogP contribution in [0.25, 0.3) is 22.5 Å². The van der Waals surface area contributed by atoms with Gasteiger partial charge < -0.3 is 14.3 Å². The average Bonchev–Trinajstić information content (AvgIpc) is 3.47. The number of hydrogen-bond donors (Lipinski definition) is 1. The smallest absolute Gasteiger partial charge is 0.240 e. The number of hydrogen-bond acceptors (Lipinski definition) is 4. The zero-order chi connectivity index (χ0) is 26.1. The molecule has 0 aliphatic rings. The largest absolute Gasteiger partial charge is 0.439 e. The Labute approximate surface area is 216 Å². The van der Waals surface area contributed by atoms with Gasteiger partial charge in [-0.2, -0.15) is 0 Å². The second-order valence-corrected chi connectivity index (χ2v) is 9.41. The maximum atomic E-state index is 13.9. The molecule has 9 heteroatoms. The van der Waals surface area contributed by atoms with E-state index < -0.39 is 17.7 Å². The number of imidazole rings is 1. The summed E-state index contributed by atoms with van der Waals surface area (Å²) in [4.78, 5) is 21.9. The lowest BCUT2D eigenvalue weighted by Gasteiger charge is -2.17. The van der Waals surface area contributed by atoms with Crippen molar-refractivity contribution in [3.05, 3.63) is 106 Å². The summed E-state index contributed by atoms with van der Waals surface area (Å²) in [7, 11) is 0. The van der Waals surface area contributed by atoms with E-state index in [0.717, 1.165) is 28.2 Å². The summed E-state index contributed by atoms with van der Waals surface area (Å²) in [6.45, 7) is 4.02. The fourth-order valence-corrected chi connectivity index (χ4v) is 4.32. The molecule has 0 aliphatic heterocycles. The van der Waals surface area contributed by atoms with Gasteiger partial charge in [0.1, 0.15) is 23.9 Å². The monoisotopic (exact) mass is 520 g/mol. The molecular weight excluding hydrogens is 498 g/mol. The molecule has 1 atom stereocenters. The van der Waals surface area contributed by atoms with Crippen molar-refractivity contribution < 1.29 is 18.0 Å². The van der Waals surface area contributed by atoms with Crippen LogP contribution in [0.15, 0.2) is 71.5 Å². The van der Waals surface area contributed by atoms with Crippen LogP contribution in [0.4, 0.5) is 8.78 Å². The van der Waals surface area contributed by atoms with Crippen molar-refractivity contribution >= 4 is 28.5 Å². The second kappa shape index (κ2) is 10.1. The molecule has 0 spiro atoms. The Kier molecular flexibility index (Phi) is 6.76. The Morgan fingerprint density at radius 2 is 1.73 bits per heavy atom. The number of halogens is 3. The molecule has 5 rings (SSSR count). The molecule has 1 N–H and O–H groups in total. The van der Waals surface area contributed by atoms with Gasteiger partial charge in [-0.1, -0.05) is 11.6 Å². The van der Waals surface area contributed by atoms with E-state index in [1.165, 1.54) is 18.3 Å². The molecule has 2 heterocycles. The lowest BCUT2D eigenvalue weighted by molar-refractivity contribution is -0.122. The molecule has 6 nitrogen and oxygen atoms in total. The van der Waals surface area contributed by atoms with Crippen molar-refractivity contribution in [2.45, 2.75) is 32.9 Å². The number of aromatic nitrogens is 3. The molecular formula is C28H23ClF2N4O2.